The lowest BCUT2D eigenvalue weighted by atomic mass is 9.97. The number of carboxylic acids is 1. The molecular formula is C18H20O4. The van der Waals surface area contributed by atoms with Crippen molar-refractivity contribution in [2.75, 3.05) is 7.11 Å². The highest BCUT2D eigenvalue weighted by atomic mass is 16.5. The number of ether oxygens (including phenoxy) is 2. The van der Waals surface area contributed by atoms with Gasteiger partial charge in [-0.15, -0.1) is 0 Å². The van der Waals surface area contributed by atoms with Gasteiger partial charge in [0.05, 0.1) is 7.11 Å². The molecule has 0 amide bonds. The van der Waals surface area contributed by atoms with Gasteiger partial charge in [-0.25, -0.2) is 4.79 Å². The number of aliphatic carboxylic acids is 1. The average molecular weight is 300 g/mol. The topological polar surface area (TPSA) is 55.8 Å². The zero-order valence-electron chi connectivity index (χ0n) is 13.0. The first-order valence-electron chi connectivity index (χ1n) is 7.10. The lowest BCUT2D eigenvalue weighted by molar-refractivity contribution is -0.145. The molecule has 4 heteroatoms. The van der Waals surface area contributed by atoms with Gasteiger partial charge in [0, 0.05) is 6.42 Å². The van der Waals surface area contributed by atoms with Gasteiger partial charge < -0.3 is 14.6 Å². The summed E-state index contributed by atoms with van der Waals surface area (Å²) in [6.45, 7) is 3.96. The Morgan fingerprint density at radius 2 is 1.59 bits per heavy atom. The number of carboxylic acid groups (broad SMARTS) is 1. The highest BCUT2D eigenvalue weighted by molar-refractivity contribution is 5.73. The summed E-state index contributed by atoms with van der Waals surface area (Å²) >= 11 is 0. The lowest BCUT2D eigenvalue weighted by Crippen LogP contribution is -2.30. The second kappa shape index (κ2) is 6.98. The fraction of sp³-hybridized carbons (Fsp3) is 0.278. The molecule has 0 radical (unpaired) electrons. The van der Waals surface area contributed by atoms with E-state index in [4.69, 9.17) is 9.47 Å². The second-order valence-corrected chi connectivity index (χ2v) is 5.19. The molecule has 0 saturated heterocycles. The second-order valence-electron chi connectivity index (χ2n) is 5.19. The Kier molecular flexibility index (Phi) is 5.04. The maximum absolute atomic E-state index is 11.5. The Hall–Kier alpha value is -2.49. The maximum atomic E-state index is 11.5. The van der Waals surface area contributed by atoms with Crippen molar-refractivity contribution in [1.29, 1.82) is 0 Å². The minimum absolute atomic E-state index is 0.333. The van der Waals surface area contributed by atoms with Crippen LogP contribution in [-0.4, -0.2) is 24.3 Å². The highest BCUT2D eigenvalue weighted by Crippen LogP contribution is 2.21. The smallest absolute Gasteiger partial charge is 0.345 e. The van der Waals surface area contributed by atoms with Gasteiger partial charge in [-0.3, -0.25) is 0 Å². The number of methoxy groups -OCH3 is 1. The van der Waals surface area contributed by atoms with Crippen LogP contribution in [0.15, 0.2) is 42.5 Å². The van der Waals surface area contributed by atoms with E-state index in [-0.39, 0.29) is 0 Å². The van der Waals surface area contributed by atoms with Crippen molar-refractivity contribution in [3.05, 3.63) is 59.2 Å². The van der Waals surface area contributed by atoms with E-state index in [9.17, 15) is 9.90 Å². The summed E-state index contributed by atoms with van der Waals surface area (Å²) in [7, 11) is 1.58. The van der Waals surface area contributed by atoms with Crippen molar-refractivity contribution >= 4 is 5.97 Å². The zero-order valence-corrected chi connectivity index (χ0v) is 13.0. The molecule has 2 aromatic rings. The molecule has 0 heterocycles. The minimum Gasteiger partial charge on any atom is -0.497 e. The van der Waals surface area contributed by atoms with Crippen LogP contribution in [0.25, 0.3) is 0 Å². The van der Waals surface area contributed by atoms with Gasteiger partial charge in [0.15, 0.2) is 6.10 Å². The van der Waals surface area contributed by atoms with Crippen molar-refractivity contribution in [3.63, 3.8) is 0 Å². The van der Waals surface area contributed by atoms with Crippen molar-refractivity contribution in [3.8, 4) is 11.5 Å². The number of rotatable bonds is 6. The van der Waals surface area contributed by atoms with Crippen molar-refractivity contribution in [2.24, 2.45) is 0 Å². The summed E-state index contributed by atoms with van der Waals surface area (Å²) in [5.74, 6) is 0.242. The number of aryl methyl sites for hydroxylation is 2. The van der Waals surface area contributed by atoms with E-state index < -0.39 is 12.1 Å². The molecule has 1 atom stereocenters. The molecule has 1 unspecified atom stereocenters. The Labute approximate surface area is 130 Å². The Bertz CT molecular complexity index is 626. The summed E-state index contributed by atoms with van der Waals surface area (Å²) in [4.78, 5) is 11.5. The van der Waals surface area contributed by atoms with E-state index in [1.807, 2.05) is 32.0 Å². The molecule has 116 valence electrons. The normalized spacial score (nSPS) is 11.8. The van der Waals surface area contributed by atoms with Crippen LogP contribution in [0.5, 0.6) is 11.5 Å². The molecule has 0 aliphatic carbocycles. The molecule has 4 nitrogen and oxygen atoms in total. The molecule has 0 bridgehead atoms. The predicted octanol–water partition coefficient (Wildman–Crippen LogP) is 3.39. The van der Waals surface area contributed by atoms with Gasteiger partial charge in [0.1, 0.15) is 11.5 Å². The molecule has 2 rings (SSSR count). The number of benzene rings is 2. The molecular weight excluding hydrogens is 280 g/mol. The summed E-state index contributed by atoms with van der Waals surface area (Å²) in [6.07, 6.45) is -0.590. The SMILES string of the molecule is COc1ccc(OC(Cc2c(C)cccc2C)C(=O)O)cc1. The summed E-state index contributed by atoms with van der Waals surface area (Å²) in [5.41, 5.74) is 3.16. The first-order chi connectivity index (χ1) is 10.5. The van der Waals surface area contributed by atoms with Gasteiger partial charge in [0.2, 0.25) is 0 Å². The largest absolute Gasteiger partial charge is 0.497 e. The monoisotopic (exact) mass is 300 g/mol. The zero-order chi connectivity index (χ0) is 16.1. The van der Waals surface area contributed by atoms with Crippen LogP contribution < -0.4 is 9.47 Å². The van der Waals surface area contributed by atoms with Crippen molar-refractivity contribution in [1.82, 2.24) is 0 Å². The summed E-state index contributed by atoms with van der Waals surface area (Å²) in [6, 6.07) is 12.8. The van der Waals surface area contributed by atoms with Crippen LogP contribution >= 0.6 is 0 Å². The third-order valence-corrected chi connectivity index (χ3v) is 3.65. The Morgan fingerprint density at radius 3 is 2.09 bits per heavy atom. The molecule has 0 aromatic heterocycles. The van der Waals surface area contributed by atoms with Crippen LogP contribution in [0.2, 0.25) is 0 Å². The van der Waals surface area contributed by atoms with Crippen molar-refractivity contribution < 1.29 is 19.4 Å². The van der Waals surface area contributed by atoms with Crippen LogP contribution in [0.3, 0.4) is 0 Å². The molecule has 0 aliphatic heterocycles. The highest BCUT2D eigenvalue weighted by Gasteiger charge is 2.21. The van der Waals surface area contributed by atoms with E-state index in [2.05, 4.69) is 0 Å². The quantitative estimate of drug-likeness (QED) is 0.888. The van der Waals surface area contributed by atoms with E-state index in [1.165, 1.54) is 0 Å². The molecule has 0 fully saturated rings. The predicted molar refractivity (Wildman–Crippen MR) is 84.7 cm³/mol. The van der Waals surface area contributed by atoms with E-state index >= 15 is 0 Å². The molecule has 22 heavy (non-hydrogen) atoms. The van der Waals surface area contributed by atoms with Gasteiger partial charge in [0.25, 0.3) is 0 Å². The maximum Gasteiger partial charge on any atom is 0.345 e. The van der Waals surface area contributed by atoms with E-state index in [1.54, 1.807) is 31.4 Å². The van der Waals surface area contributed by atoms with Crippen LogP contribution in [0, 0.1) is 13.8 Å². The average Bonchev–Trinajstić information content (AvgIpc) is 2.50. The fourth-order valence-electron chi connectivity index (χ4n) is 2.35. The standard InChI is InChI=1S/C18H20O4/c1-12-5-4-6-13(2)16(12)11-17(18(19)20)22-15-9-7-14(21-3)8-10-15/h4-10,17H,11H2,1-3H3,(H,19,20). The van der Waals surface area contributed by atoms with Crippen molar-refractivity contribution in [2.45, 2.75) is 26.4 Å². The molecule has 2 aromatic carbocycles. The number of hydrogen-bond acceptors (Lipinski definition) is 3. The van der Waals surface area contributed by atoms with Gasteiger partial charge in [-0.1, -0.05) is 18.2 Å². The van der Waals surface area contributed by atoms with Crippen LogP contribution in [0.1, 0.15) is 16.7 Å². The lowest BCUT2D eigenvalue weighted by Gasteiger charge is -2.18. The van der Waals surface area contributed by atoms with E-state index in [0.717, 1.165) is 16.7 Å². The Morgan fingerprint density at radius 1 is 1.05 bits per heavy atom. The summed E-state index contributed by atoms with van der Waals surface area (Å²) in [5, 5.41) is 9.43. The minimum atomic E-state index is -0.974. The molecule has 0 saturated carbocycles. The summed E-state index contributed by atoms with van der Waals surface area (Å²) < 4.78 is 10.7. The van der Waals surface area contributed by atoms with E-state index in [0.29, 0.717) is 17.9 Å². The third kappa shape index (κ3) is 3.79. The van der Waals surface area contributed by atoms with Gasteiger partial charge >= 0.3 is 5.97 Å². The third-order valence-electron chi connectivity index (χ3n) is 3.65. The first kappa shape index (κ1) is 15.9. The number of carbonyl (C=O) groups is 1. The molecule has 1 N–H and O–H groups in total. The van der Waals surface area contributed by atoms with Gasteiger partial charge in [-0.2, -0.15) is 0 Å². The van der Waals surface area contributed by atoms with Gasteiger partial charge in [-0.05, 0) is 54.8 Å². The fourth-order valence-corrected chi connectivity index (χ4v) is 2.35. The van der Waals surface area contributed by atoms with Crippen LogP contribution in [-0.2, 0) is 11.2 Å². The Balaban J connectivity index is 2.18. The number of hydrogen-bond donors (Lipinski definition) is 1. The van der Waals surface area contributed by atoms with Crippen LogP contribution in [0.4, 0.5) is 0 Å². The molecule has 0 aliphatic rings. The molecule has 0 spiro atoms. The first-order valence-corrected chi connectivity index (χ1v) is 7.10.